The van der Waals surface area contributed by atoms with Crippen molar-refractivity contribution in [1.29, 1.82) is 0 Å². The fourth-order valence-electron chi connectivity index (χ4n) is 3.46. The number of aliphatic imine (C=N–C) groups is 1. The molecular formula is C22H30IN5O2. The van der Waals surface area contributed by atoms with E-state index in [1.54, 1.807) is 7.11 Å². The Morgan fingerprint density at radius 3 is 2.50 bits per heavy atom. The third-order valence-corrected chi connectivity index (χ3v) is 4.91. The molecule has 2 aromatic carbocycles. The van der Waals surface area contributed by atoms with Crippen molar-refractivity contribution in [1.82, 2.24) is 10.2 Å². The van der Waals surface area contributed by atoms with Crippen LogP contribution in [0.4, 0.5) is 11.4 Å². The standard InChI is InChI=1S/C22H29N5O2.HI/c1-17(28)25-19-7-4-6-18(14-19)16-24-22(23-2)27-12-10-26(11-13-27)20-8-5-9-21(15-20)29-3;/h4-9,14-15H,10-13,16H2,1-3H3,(H,23,24)(H,25,28);1H. The molecule has 1 fully saturated rings. The predicted molar refractivity (Wildman–Crippen MR) is 133 cm³/mol. The summed E-state index contributed by atoms with van der Waals surface area (Å²) in [5.74, 6) is 1.70. The summed E-state index contributed by atoms with van der Waals surface area (Å²) in [5.41, 5.74) is 3.08. The second-order valence-corrected chi connectivity index (χ2v) is 6.96. The lowest BCUT2D eigenvalue weighted by molar-refractivity contribution is -0.114. The van der Waals surface area contributed by atoms with Crippen LogP contribution in [0.3, 0.4) is 0 Å². The molecule has 162 valence electrons. The van der Waals surface area contributed by atoms with Gasteiger partial charge in [0, 0.05) is 64.1 Å². The van der Waals surface area contributed by atoms with Gasteiger partial charge in [0.1, 0.15) is 5.75 Å². The molecule has 2 N–H and O–H groups in total. The second-order valence-electron chi connectivity index (χ2n) is 6.96. The van der Waals surface area contributed by atoms with E-state index in [2.05, 4.69) is 37.6 Å². The molecule has 1 aliphatic heterocycles. The number of carbonyl (C=O) groups excluding carboxylic acids is 1. The first-order valence-corrected chi connectivity index (χ1v) is 9.80. The molecule has 7 nitrogen and oxygen atoms in total. The van der Waals surface area contributed by atoms with Crippen LogP contribution in [0.2, 0.25) is 0 Å². The largest absolute Gasteiger partial charge is 0.497 e. The van der Waals surface area contributed by atoms with Gasteiger partial charge in [0.25, 0.3) is 0 Å². The molecule has 0 aromatic heterocycles. The topological polar surface area (TPSA) is 69.2 Å². The number of piperazine rings is 1. The van der Waals surface area contributed by atoms with Gasteiger partial charge in [-0.25, -0.2) is 0 Å². The Morgan fingerprint density at radius 2 is 1.83 bits per heavy atom. The molecule has 0 radical (unpaired) electrons. The first-order valence-electron chi connectivity index (χ1n) is 9.80. The number of methoxy groups -OCH3 is 1. The maximum atomic E-state index is 11.2. The van der Waals surface area contributed by atoms with Crippen LogP contribution in [0.5, 0.6) is 5.75 Å². The van der Waals surface area contributed by atoms with Gasteiger partial charge in [0.15, 0.2) is 5.96 Å². The molecular weight excluding hydrogens is 493 g/mol. The zero-order chi connectivity index (χ0) is 20.6. The minimum atomic E-state index is -0.0696. The summed E-state index contributed by atoms with van der Waals surface area (Å²) in [4.78, 5) is 20.3. The van der Waals surface area contributed by atoms with E-state index >= 15 is 0 Å². The van der Waals surface area contributed by atoms with Gasteiger partial charge in [-0.15, -0.1) is 24.0 Å². The number of guanidine groups is 1. The maximum Gasteiger partial charge on any atom is 0.221 e. The van der Waals surface area contributed by atoms with Crippen molar-refractivity contribution in [2.45, 2.75) is 13.5 Å². The molecule has 2 aromatic rings. The lowest BCUT2D eigenvalue weighted by Gasteiger charge is -2.37. The number of amides is 1. The number of hydrogen-bond donors (Lipinski definition) is 2. The number of nitrogens with zero attached hydrogens (tertiary/aromatic N) is 3. The van der Waals surface area contributed by atoms with E-state index in [9.17, 15) is 4.79 Å². The quantitative estimate of drug-likeness (QED) is 0.358. The summed E-state index contributed by atoms with van der Waals surface area (Å²) in [5, 5.41) is 6.25. The minimum absolute atomic E-state index is 0. The molecule has 8 heteroatoms. The van der Waals surface area contributed by atoms with E-state index in [1.165, 1.54) is 12.6 Å². The smallest absolute Gasteiger partial charge is 0.221 e. The third-order valence-electron chi connectivity index (χ3n) is 4.91. The van der Waals surface area contributed by atoms with Gasteiger partial charge in [0.05, 0.1) is 7.11 Å². The van der Waals surface area contributed by atoms with Gasteiger partial charge in [-0.3, -0.25) is 9.79 Å². The number of halogens is 1. The number of hydrogen-bond acceptors (Lipinski definition) is 4. The lowest BCUT2D eigenvalue weighted by atomic mass is 10.2. The van der Waals surface area contributed by atoms with Gasteiger partial charge < -0.3 is 25.2 Å². The summed E-state index contributed by atoms with van der Waals surface area (Å²) in [6.07, 6.45) is 0. The molecule has 30 heavy (non-hydrogen) atoms. The number of nitrogens with one attached hydrogen (secondary N) is 2. The summed E-state index contributed by atoms with van der Waals surface area (Å²) in [6.45, 7) is 5.79. The van der Waals surface area contributed by atoms with Gasteiger partial charge in [-0.1, -0.05) is 18.2 Å². The molecule has 0 saturated carbocycles. The molecule has 3 rings (SSSR count). The van der Waals surface area contributed by atoms with Gasteiger partial charge >= 0.3 is 0 Å². The number of ether oxygens (including phenoxy) is 1. The Hall–Kier alpha value is -2.49. The van der Waals surface area contributed by atoms with Crippen LogP contribution in [0.1, 0.15) is 12.5 Å². The Bertz CT molecular complexity index is 866. The molecule has 1 saturated heterocycles. The molecule has 0 bridgehead atoms. The van der Waals surface area contributed by atoms with Crippen LogP contribution in [0.15, 0.2) is 53.5 Å². The maximum absolute atomic E-state index is 11.2. The monoisotopic (exact) mass is 523 g/mol. The number of anilines is 2. The average Bonchev–Trinajstić information content (AvgIpc) is 2.74. The fourth-order valence-corrected chi connectivity index (χ4v) is 3.46. The predicted octanol–water partition coefficient (Wildman–Crippen LogP) is 3.17. The molecule has 1 heterocycles. The Balaban J connectivity index is 0.00000320. The first-order chi connectivity index (χ1) is 14.1. The van der Waals surface area contributed by atoms with Crippen molar-refractivity contribution < 1.29 is 9.53 Å². The Morgan fingerprint density at radius 1 is 1.10 bits per heavy atom. The lowest BCUT2D eigenvalue weighted by Crippen LogP contribution is -2.52. The highest BCUT2D eigenvalue weighted by atomic mass is 127. The van der Waals surface area contributed by atoms with Crippen molar-refractivity contribution in [2.24, 2.45) is 4.99 Å². The number of carbonyl (C=O) groups is 1. The van der Waals surface area contributed by atoms with Crippen LogP contribution < -0.4 is 20.3 Å². The normalized spacial score (nSPS) is 14.0. The molecule has 0 aliphatic carbocycles. The summed E-state index contributed by atoms with van der Waals surface area (Å²) in [6, 6.07) is 16.0. The van der Waals surface area contributed by atoms with E-state index in [-0.39, 0.29) is 29.9 Å². The van der Waals surface area contributed by atoms with Crippen LogP contribution in [0, 0.1) is 0 Å². The molecule has 1 amide bonds. The SMILES string of the molecule is CN=C(NCc1cccc(NC(C)=O)c1)N1CCN(c2cccc(OC)c2)CC1.I. The Labute approximate surface area is 195 Å². The molecule has 0 unspecified atom stereocenters. The van der Waals surface area contributed by atoms with Crippen LogP contribution in [-0.4, -0.2) is 57.1 Å². The van der Waals surface area contributed by atoms with E-state index in [1.807, 2.05) is 43.4 Å². The average molecular weight is 523 g/mol. The van der Waals surface area contributed by atoms with Gasteiger partial charge in [0.2, 0.25) is 5.91 Å². The van der Waals surface area contributed by atoms with Crippen LogP contribution >= 0.6 is 24.0 Å². The fraction of sp³-hybridized carbons (Fsp3) is 0.364. The molecule has 1 aliphatic rings. The molecule has 0 spiro atoms. The van der Waals surface area contributed by atoms with E-state index in [4.69, 9.17) is 4.74 Å². The number of rotatable bonds is 5. The highest BCUT2D eigenvalue weighted by Gasteiger charge is 2.20. The summed E-state index contributed by atoms with van der Waals surface area (Å²) in [7, 11) is 3.50. The van der Waals surface area contributed by atoms with Crippen molar-refractivity contribution in [2.75, 3.05) is 50.6 Å². The van der Waals surface area contributed by atoms with Gasteiger partial charge in [-0.2, -0.15) is 0 Å². The highest BCUT2D eigenvalue weighted by Crippen LogP contribution is 2.22. The van der Waals surface area contributed by atoms with Crippen LogP contribution in [-0.2, 0) is 11.3 Å². The summed E-state index contributed by atoms with van der Waals surface area (Å²) < 4.78 is 5.34. The third kappa shape index (κ3) is 6.51. The molecule has 0 atom stereocenters. The van der Waals surface area contributed by atoms with Crippen molar-refractivity contribution in [3.05, 3.63) is 54.1 Å². The van der Waals surface area contributed by atoms with E-state index in [0.717, 1.165) is 49.1 Å². The zero-order valence-corrected chi connectivity index (χ0v) is 20.1. The van der Waals surface area contributed by atoms with Crippen LogP contribution in [0.25, 0.3) is 0 Å². The first kappa shape index (κ1) is 23.8. The zero-order valence-electron chi connectivity index (χ0n) is 17.7. The van der Waals surface area contributed by atoms with Gasteiger partial charge in [-0.05, 0) is 29.8 Å². The number of benzene rings is 2. The van der Waals surface area contributed by atoms with Crippen molar-refractivity contribution in [3.8, 4) is 5.75 Å². The second kappa shape index (κ2) is 11.6. The van der Waals surface area contributed by atoms with Crippen molar-refractivity contribution in [3.63, 3.8) is 0 Å². The Kier molecular flexibility index (Phi) is 9.22. The van der Waals surface area contributed by atoms with E-state index in [0.29, 0.717) is 6.54 Å². The summed E-state index contributed by atoms with van der Waals surface area (Å²) >= 11 is 0. The van der Waals surface area contributed by atoms with E-state index < -0.39 is 0 Å². The minimum Gasteiger partial charge on any atom is -0.497 e. The van der Waals surface area contributed by atoms with Crippen molar-refractivity contribution >= 4 is 47.2 Å². The highest BCUT2D eigenvalue weighted by molar-refractivity contribution is 14.0.